The first-order valence-corrected chi connectivity index (χ1v) is 11.3. The van der Waals surface area contributed by atoms with E-state index < -0.39 is 35.1 Å². The van der Waals surface area contributed by atoms with Crippen LogP contribution in [0.15, 0.2) is 66.7 Å². The third kappa shape index (κ3) is 5.46. The molecule has 4 aromatic rings. The summed E-state index contributed by atoms with van der Waals surface area (Å²) < 4.78 is 35.2. The van der Waals surface area contributed by atoms with Gasteiger partial charge in [-0.2, -0.15) is 0 Å². The monoisotopic (exact) mass is 503 g/mol. The second-order valence-electron chi connectivity index (χ2n) is 8.26. The molecule has 9 heteroatoms. The maximum Gasteiger partial charge on any atom is 0.336 e. The van der Waals surface area contributed by atoms with Crippen LogP contribution in [0, 0.1) is 11.6 Å². The zero-order valence-corrected chi connectivity index (χ0v) is 19.8. The lowest BCUT2D eigenvalue weighted by Crippen LogP contribution is -2.11. The van der Waals surface area contributed by atoms with Crippen molar-refractivity contribution in [1.82, 2.24) is 4.98 Å². The van der Waals surface area contributed by atoms with Gasteiger partial charge in [0.15, 0.2) is 11.6 Å². The molecule has 1 aromatic heterocycles. The average molecular weight is 504 g/mol. The molecule has 0 saturated carbocycles. The number of aromatic carboxylic acids is 1. The zero-order chi connectivity index (χ0) is 26.7. The highest BCUT2D eigenvalue weighted by molar-refractivity contribution is 5.96. The van der Waals surface area contributed by atoms with E-state index >= 15 is 0 Å². The van der Waals surface area contributed by atoms with Crippen LogP contribution in [0.3, 0.4) is 0 Å². The summed E-state index contributed by atoms with van der Waals surface area (Å²) in [5.41, 5.74) is 13.6. The summed E-state index contributed by atoms with van der Waals surface area (Å²) in [6, 6.07) is 16.7. The Bertz CT molecular complexity index is 1520. The fourth-order valence-corrected chi connectivity index (χ4v) is 3.86. The van der Waals surface area contributed by atoms with E-state index in [9.17, 15) is 23.5 Å². The Kier molecular flexibility index (Phi) is 7.26. The molecule has 7 nitrogen and oxygen atoms in total. The molecule has 4 rings (SSSR count). The van der Waals surface area contributed by atoms with Gasteiger partial charge in [0.25, 0.3) is 5.88 Å². The van der Waals surface area contributed by atoms with Crippen molar-refractivity contribution in [1.29, 1.82) is 0 Å². The van der Waals surface area contributed by atoms with E-state index in [1.165, 1.54) is 18.2 Å². The number of benzene rings is 3. The van der Waals surface area contributed by atoms with Crippen LogP contribution in [0.1, 0.15) is 38.8 Å². The molecule has 0 fully saturated rings. The van der Waals surface area contributed by atoms with Crippen molar-refractivity contribution in [3.63, 3.8) is 0 Å². The number of nitrogens with zero attached hydrogens (tertiary/aromatic N) is 1. The van der Waals surface area contributed by atoms with E-state index in [-0.39, 0.29) is 22.4 Å². The lowest BCUT2D eigenvalue weighted by Gasteiger charge is -2.13. The van der Waals surface area contributed by atoms with Crippen LogP contribution in [-0.2, 0) is 13.0 Å². The number of hydrogen-bond acceptors (Lipinski definition) is 5. The minimum absolute atomic E-state index is 0.0215. The third-order valence-electron chi connectivity index (χ3n) is 5.78. The molecule has 0 unspecified atom stereocenters. The predicted molar refractivity (Wildman–Crippen MR) is 134 cm³/mol. The van der Waals surface area contributed by atoms with Gasteiger partial charge in [-0.25, -0.2) is 18.6 Å². The van der Waals surface area contributed by atoms with Crippen LogP contribution >= 0.6 is 0 Å². The van der Waals surface area contributed by atoms with Gasteiger partial charge in [0.1, 0.15) is 11.4 Å². The molecular formula is C28H23F2N3O4. The molecular weight excluding hydrogens is 480 g/mol. The Labute approximate surface area is 211 Å². The first kappa shape index (κ1) is 25.5. The van der Waals surface area contributed by atoms with Gasteiger partial charge in [-0.1, -0.05) is 37.3 Å². The Morgan fingerprint density at radius 2 is 1.73 bits per heavy atom. The SMILES string of the molecule is CCc1ccc(-c2nc(Oc3cc(C(N)=O)cc(-c4cccc(CN)c4)c3)c(F)cc2F)c(C(=O)O)c1. The smallest absolute Gasteiger partial charge is 0.336 e. The van der Waals surface area contributed by atoms with Crippen LogP contribution in [-0.4, -0.2) is 22.0 Å². The quantitative estimate of drug-likeness (QED) is 0.299. The molecule has 1 heterocycles. The molecule has 3 aromatic carbocycles. The van der Waals surface area contributed by atoms with Gasteiger partial charge in [-0.3, -0.25) is 4.79 Å². The minimum Gasteiger partial charge on any atom is -0.478 e. The van der Waals surface area contributed by atoms with Crippen molar-refractivity contribution in [2.24, 2.45) is 11.5 Å². The Morgan fingerprint density at radius 1 is 0.946 bits per heavy atom. The number of ether oxygens (including phenoxy) is 1. The van der Waals surface area contributed by atoms with Gasteiger partial charge in [0.2, 0.25) is 5.91 Å². The van der Waals surface area contributed by atoms with Crippen LogP contribution in [0.4, 0.5) is 8.78 Å². The van der Waals surface area contributed by atoms with Crippen molar-refractivity contribution >= 4 is 11.9 Å². The topological polar surface area (TPSA) is 129 Å². The van der Waals surface area contributed by atoms with Gasteiger partial charge in [0.05, 0.1) is 5.56 Å². The highest BCUT2D eigenvalue weighted by Crippen LogP contribution is 2.33. The highest BCUT2D eigenvalue weighted by atomic mass is 19.1. The number of aryl methyl sites for hydroxylation is 1. The number of carbonyl (C=O) groups excluding carboxylic acids is 1. The number of carboxylic acid groups (broad SMARTS) is 1. The maximum atomic E-state index is 14.8. The van der Waals surface area contributed by atoms with Crippen LogP contribution < -0.4 is 16.2 Å². The number of halogens is 2. The van der Waals surface area contributed by atoms with Crippen LogP contribution in [0.25, 0.3) is 22.4 Å². The summed E-state index contributed by atoms with van der Waals surface area (Å²) in [7, 11) is 0. The molecule has 0 atom stereocenters. The second-order valence-corrected chi connectivity index (χ2v) is 8.26. The first-order chi connectivity index (χ1) is 17.7. The number of amides is 1. The van der Waals surface area contributed by atoms with E-state index in [2.05, 4.69) is 4.98 Å². The number of rotatable bonds is 8. The fraction of sp³-hybridized carbons (Fsp3) is 0.107. The van der Waals surface area contributed by atoms with Crippen molar-refractivity contribution in [3.8, 4) is 34.0 Å². The Balaban J connectivity index is 1.81. The lowest BCUT2D eigenvalue weighted by molar-refractivity contribution is 0.0697. The van der Waals surface area contributed by atoms with Gasteiger partial charge in [-0.05, 0) is 59.0 Å². The molecule has 0 bridgehead atoms. The fourth-order valence-electron chi connectivity index (χ4n) is 3.86. The number of carboxylic acids is 1. The molecule has 5 N–H and O–H groups in total. The zero-order valence-electron chi connectivity index (χ0n) is 19.8. The van der Waals surface area contributed by atoms with Gasteiger partial charge < -0.3 is 21.3 Å². The molecule has 0 aliphatic carbocycles. The molecule has 0 spiro atoms. The number of aromatic nitrogens is 1. The van der Waals surface area contributed by atoms with Gasteiger partial charge in [0, 0.05) is 23.7 Å². The van der Waals surface area contributed by atoms with Crippen molar-refractivity contribution in [2.75, 3.05) is 0 Å². The summed E-state index contributed by atoms with van der Waals surface area (Å²) in [6.45, 7) is 2.15. The number of nitrogens with two attached hydrogens (primary N) is 2. The van der Waals surface area contributed by atoms with Crippen molar-refractivity contribution in [2.45, 2.75) is 19.9 Å². The van der Waals surface area contributed by atoms with Crippen LogP contribution in [0.2, 0.25) is 0 Å². The van der Waals surface area contributed by atoms with E-state index in [0.29, 0.717) is 30.2 Å². The number of primary amides is 1. The van der Waals surface area contributed by atoms with Crippen molar-refractivity contribution < 1.29 is 28.2 Å². The first-order valence-electron chi connectivity index (χ1n) is 11.3. The molecule has 37 heavy (non-hydrogen) atoms. The van der Waals surface area contributed by atoms with Gasteiger partial charge in [-0.15, -0.1) is 0 Å². The number of hydrogen-bond donors (Lipinski definition) is 3. The molecule has 0 aliphatic rings. The summed E-state index contributed by atoms with van der Waals surface area (Å²) in [6.07, 6.45) is 0.570. The minimum atomic E-state index is -1.28. The summed E-state index contributed by atoms with van der Waals surface area (Å²) in [5.74, 6) is -4.76. The third-order valence-corrected chi connectivity index (χ3v) is 5.78. The van der Waals surface area contributed by atoms with E-state index in [0.717, 1.165) is 11.1 Å². The standard InChI is InChI=1S/C28H23F2N3O4/c1-2-15-6-7-21(22(9-15)28(35)36)25-23(29)13-24(30)27(33-25)37-20-11-18(10-19(12-20)26(32)34)17-5-3-4-16(8-17)14-31/h3-13H,2,14,31H2,1H3,(H2,32,34)(H,35,36). The molecule has 1 amide bonds. The molecule has 0 aliphatic heterocycles. The number of carbonyl (C=O) groups is 2. The van der Waals surface area contributed by atoms with E-state index in [4.69, 9.17) is 16.2 Å². The maximum absolute atomic E-state index is 14.8. The second kappa shape index (κ2) is 10.5. The highest BCUT2D eigenvalue weighted by Gasteiger charge is 2.21. The van der Waals surface area contributed by atoms with Crippen molar-refractivity contribution in [3.05, 3.63) is 101 Å². The summed E-state index contributed by atoms with van der Waals surface area (Å²) in [4.78, 5) is 27.8. The predicted octanol–water partition coefficient (Wildman–Crippen LogP) is 5.30. The molecule has 0 radical (unpaired) electrons. The lowest BCUT2D eigenvalue weighted by atomic mass is 9.99. The summed E-state index contributed by atoms with van der Waals surface area (Å²) >= 11 is 0. The average Bonchev–Trinajstić information content (AvgIpc) is 2.89. The summed E-state index contributed by atoms with van der Waals surface area (Å²) in [5, 5.41) is 9.65. The van der Waals surface area contributed by atoms with Gasteiger partial charge >= 0.3 is 5.97 Å². The largest absolute Gasteiger partial charge is 0.478 e. The Morgan fingerprint density at radius 3 is 2.41 bits per heavy atom. The van der Waals surface area contributed by atoms with Crippen LogP contribution in [0.5, 0.6) is 11.6 Å². The van der Waals surface area contributed by atoms with E-state index in [1.54, 1.807) is 30.3 Å². The Hall–Kier alpha value is -4.63. The van der Waals surface area contributed by atoms with E-state index in [1.807, 2.05) is 19.1 Å². The normalized spacial score (nSPS) is 10.8. The number of pyridine rings is 1. The molecule has 0 saturated heterocycles. The molecule has 188 valence electrons.